The van der Waals surface area contributed by atoms with Gasteiger partial charge in [-0.2, -0.15) is 5.10 Å². The van der Waals surface area contributed by atoms with Crippen LogP contribution in [0.5, 0.6) is 0 Å². The molecular formula is C9H9FN4. The highest BCUT2D eigenvalue weighted by atomic mass is 19.1. The highest BCUT2D eigenvalue weighted by molar-refractivity contribution is 5.36. The molecule has 2 aromatic rings. The van der Waals surface area contributed by atoms with Crippen LogP contribution >= 0.6 is 0 Å². The second-order valence-corrected chi connectivity index (χ2v) is 2.83. The summed E-state index contributed by atoms with van der Waals surface area (Å²) < 4.78 is 14.7. The molecule has 5 heteroatoms. The fraction of sp³-hybridized carbons (Fsp3) is 0.111. The first-order valence-corrected chi connectivity index (χ1v) is 4.15. The monoisotopic (exact) mass is 192 g/mol. The quantitative estimate of drug-likeness (QED) is 0.767. The van der Waals surface area contributed by atoms with E-state index in [9.17, 15) is 4.39 Å². The molecule has 2 N–H and O–H groups in total. The lowest BCUT2D eigenvalue weighted by Crippen LogP contribution is -2.02. The zero-order chi connectivity index (χ0) is 9.97. The van der Waals surface area contributed by atoms with Gasteiger partial charge in [-0.1, -0.05) is 6.07 Å². The average molecular weight is 192 g/mol. The van der Waals surface area contributed by atoms with Crippen LogP contribution < -0.4 is 5.73 Å². The summed E-state index contributed by atoms with van der Waals surface area (Å²) >= 11 is 0. The molecule has 0 saturated heterocycles. The number of nitrogens with zero attached hydrogens (tertiary/aromatic N) is 3. The molecule has 1 heterocycles. The lowest BCUT2D eigenvalue weighted by molar-refractivity contribution is 0.609. The number of benzene rings is 1. The standard InChI is InChI=1S/C9H9FN4/c10-8-2-1-7(4-11)3-9(8)14-6-12-5-13-14/h1-3,5-6H,4,11H2. The SMILES string of the molecule is NCc1ccc(F)c(-n2cncn2)c1. The Morgan fingerprint density at radius 3 is 2.93 bits per heavy atom. The van der Waals surface area contributed by atoms with Gasteiger partial charge in [-0.05, 0) is 17.7 Å². The van der Waals surface area contributed by atoms with Crippen LogP contribution in [0.4, 0.5) is 4.39 Å². The van der Waals surface area contributed by atoms with Gasteiger partial charge in [-0.3, -0.25) is 0 Å². The van der Waals surface area contributed by atoms with E-state index in [1.165, 1.54) is 23.4 Å². The van der Waals surface area contributed by atoms with Crippen molar-refractivity contribution in [3.8, 4) is 5.69 Å². The maximum absolute atomic E-state index is 13.3. The van der Waals surface area contributed by atoms with Crippen LogP contribution in [0.2, 0.25) is 0 Å². The van der Waals surface area contributed by atoms with Crippen LogP contribution in [0.1, 0.15) is 5.56 Å². The zero-order valence-corrected chi connectivity index (χ0v) is 7.39. The highest BCUT2D eigenvalue weighted by Crippen LogP contribution is 2.13. The molecule has 0 amide bonds. The number of halogens is 1. The average Bonchev–Trinajstić information content (AvgIpc) is 2.71. The van der Waals surface area contributed by atoms with E-state index in [2.05, 4.69) is 10.1 Å². The summed E-state index contributed by atoms with van der Waals surface area (Å²) in [4.78, 5) is 3.75. The molecule has 1 aromatic heterocycles. The van der Waals surface area contributed by atoms with Crippen molar-refractivity contribution in [2.45, 2.75) is 6.54 Å². The Hall–Kier alpha value is -1.75. The van der Waals surface area contributed by atoms with E-state index in [1.807, 2.05) is 0 Å². The summed E-state index contributed by atoms with van der Waals surface area (Å²) in [7, 11) is 0. The van der Waals surface area contributed by atoms with Crippen LogP contribution in [0, 0.1) is 5.82 Å². The molecule has 4 nitrogen and oxygen atoms in total. The first kappa shape index (κ1) is 8.83. The van der Waals surface area contributed by atoms with Crippen molar-refractivity contribution in [3.05, 3.63) is 42.2 Å². The minimum atomic E-state index is -0.340. The molecule has 2 rings (SSSR count). The largest absolute Gasteiger partial charge is 0.326 e. The molecule has 0 aliphatic heterocycles. The van der Waals surface area contributed by atoms with Crippen LogP contribution in [-0.4, -0.2) is 14.8 Å². The van der Waals surface area contributed by atoms with E-state index in [0.717, 1.165) is 5.56 Å². The van der Waals surface area contributed by atoms with Gasteiger partial charge >= 0.3 is 0 Å². The maximum Gasteiger partial charge on any atom is 0.148 e. The number of aromatic nitrogens is 3. The van der Waals surface area contributed by atoms with Gasteiger partial charge in [0, 0.05) is 6.54 Å². The topological polar surface area (TPSA) is 56.7 Å². The van der Waals surface area contributed by atoms with Gasteiger partial charge in [0.15, 0.2) is 0 Å². The Bertz CT molecular complexity index is 424. The highest BCUT2D eigenvalue weighted by Gasteiger charge is 2.05. The van der Waals surface area contributed by atoms with Gasteiger partial charge in [0.25, 0.3) is 0 Å². The predicted octanol–water partition coefficient (Wildman–Crippen LogP) is 0.865. The van der Waals surface area contributed by atoms with Crippen LogP contribution in [-0.2, 0) is 6.54 Å². The summed E-state index contributed by atoms with van der Waals surface area (Å²) in [5.74, 6) is -0.340. The third-order valence-electron chi connectivity index (χ3n) is 1.91. The van der Waals surface area contributed by atoms with E-state index in [0.29, 0.717) is 12.2 Å². The smallest absolute Gasteiger partial charge is 0.148 e. The minimum Gasteiger partial charge on any atom is -0.326 e. The fourth-order valence-corrected chi connectivity index (χ4v) is 1.19. The van der Waals surface area contributed by atoms with Crippen molar-refractivity contribution < 1.29 is 4.39 Å². The number of hydrogen-bond acceptors (Lipinski definition) is 3. The zero-order valence-electron chi connectivity index (χ0n) is 7.39. The molecule has 0 fully saturated rings. The Kier molecular flexibility index (Phi) is 2.24. The minimum absolute atomic E-state index is 0.340. The Morgan fingerprint density at radius 2 is 2.29 bits per heavy atom. The number of nitrogens with two attached hydrogens (primary N) is 1. The van der Waals surface area contributed by atoms with Gasteiger partial charge in [0.05, 0.1) is 0 Å². The Balaban J connectivity index is 2.51. The summed E-state index contributed by atoms with van der Waals surface area (Å²) in [6, 6.07) is 4.68. The van der Waals surface area contributed by atoms with Crippen molar-refractivity contribution in [1.82, 2.24) is 14.8 Å². The second-order valence-electron chi connectivity index (χ2n) is 2.83. The number of rotatable bonds is 2. The molecule has 0 radical (unpaired) electrons. The first-order chi connectivity index (χ1) is 6.81. The van der Waals surface area contributed by atoms with Crippen molar-refractivity contribution >= 4 is 0 Å². The summed E-state index contributed by atoms with van der Waals surface area (Å²) in [6.45, 7) is 0.377. The Labute approximate surface area is 80.2 Å². The van der Waals surface area contributed by atoms with Crippen LogP contribution in [0.15, 0.2) is 30.9 Å². The van der Waals surface area contributed by atoms with Gasteiger partial charge in [0.1, 0.15) is 24.2 Å². The molecule has 0 unspecified atom stereocenters. The second kappa shape index (κ2) is 3.55. The molecule has 0 spiro atoms. The van der Waals surface area contributed by atoms with Crippen molar-refractivity contribution in [2.24, 2.45) is 5.73 Å². The molecule has 0 bridgehead atoms. The van der Waals surface area contributed by atoms with E-state index in [1.54, 1.807) is 12.1 Å². The third kappa shape index (κ3) is 1.49. The molecule has 14 heavy (non-hydrogen) atoms. The van der Waals surface area contributed by atoms with Gasteiger partial charge in [-0.25, -0.2) is 14.1 Å². The maximum atomic E-state index is 13.3. The normalized spacial score (nSPS) is 10.4. The van der Waals surface area contributed by atoms with Gasteiger partial charge < -0.3 is 5.73 Å². The van der Waals surface area contributed by atoms with E-state index in [4.69, 9.17) is 5.73 Å². The molecule has 0 saturated carbocycles. The molecule has 0 aliphatic rings. The summed E-state index contributed by atoms with van der Waals surface area (Å²) in [5, 5.41) is 3.85. The summed E-state index contributed by atoms with van der Waals surface area (Å²) in [5.41, 5.74) is 6.68. The third-order valence-corrected chi connectivity index (χ3v) is 1.91. The van der Waals surface area contributed by atoms with Crippen molar-refractivity contribution in [2.75, 3.05) is 0 Å². The molecule has 0 atom stereocenters. The van der Waals surface area contributed by atoms with Gasteiger partial charge in [-0.15, -0.1) is 0 Å². The summed E-state index contributed by atoms with van der Waals surface area (Å²) in [6.07, 6.45) is 2.80. The lowest BCUT2D eigenvalue weighted by atomic mass is 10.2. The van der Waals surface area contributed by atoms with E-state index < -0.39 is 0 Å². The van der Waals surface area contributed by atoms with Crippen LogP contribution in [0.3, 0.4) is 0 Å². The number of hydrogen-bond donors (Lipinski definition) is 1. The predicted molar refractivity (Wildman–Crippen MR) is 49.2 cm³/mol. The fourth-order valence-electron chi connectivity index (χ4n) is 1.19. The van der Waals surface area contributed by atoms with Crippen molar-refractivity contribution in [3.63, 3.8) is 0 Å². The molecular weight excluding hydrogens is 183 g/mol. The molecule has 72 valence electrons. The molecule has 1 aromatic carbocycles. The lowest BCUT2D eigenvalue weighted by Gasteiger charge is -2.04. The van der Waals surface area contributed by atoms with Gasteiger partial charge in [0.2, 0.25) is 0 Å². The van der Waals surface area contributed by atoms with Crippen LogP contribution in [0.25, 0.3) is 5.69 Å². The first-order valence-electron chi connectivity index (χ1n) is 4.15. The van der Waals surface area contributed by atoms with E-state index in [-0.39, 0.29) is 5.82 Å². The molecule has 0 aliphatic carbocycles. The van der Waals surface area contributed by atoms with Crippen molar-refractivity contribution in [1.29, 1.82) is 0 Å². The van der Waals surface area contributed by atoms with E-state index >= 15 is 0 Å². The Morgan fingerprint density at radius 1 is 1.43 bits per heavy atom.